The summed E-state index contributed by atoms with van der Waals surface area (Å²) in [6.07, 6.45) is 3.56. The van der Waals surface area contributed by atoms with Crippen LogP contribution < -0.4 is 0 Å². The number of rotatable bonds is 5. The van der Waals surface area contributed by atoms with Crippen LogP contribution in [-0.2, 0) is 6.54 Å². The van der Waals surface area contributed by atoms with E-state index in [2.05, 4.69) is 47.4 Å². The van der Waals surface area contributed by atoms with E-state index in [1.54, 1.807) is 12.4 Å². The molecule has 0 aliphatic rings. The van der Waals surface area contributed by atoms with Gasteiger partial charge in [0.2, 0.25) is 0 Å². The molecular weight excluding hydrogens is 268 g/mol. The molecule has 0 saturated carbocycles. The Kier molecular flexibility index (Phi) is 4.70. The first-order chi connectivity index (χ1) is 9.50. The van der Waals surface area contributed by atoms with Crippen LogP contribution in [0.3, 0.4) is 0 Å². The summed E-state index contributed by atoms with van der Waals surface area (Å²) in [6, 6.07) is 3.92. The minimum atomic E-state index is 0.569. The van der Waals surface area contributed by atoms with E-state index in [-0.39, 0.29) is 0 Å². The van der Waals surface area contributed by atoms with Gasteiger partial charge in [-0.05, 0) is 42.1 Å². The van der Waals surface area contributed by atoms with Crippen molar-refractivity contribution in [3.63, 3.8) is 0 Å². The summed E-state index contributed by atoms with van der Waals surface area (Å²) < 4.78 is 2.79. The molecule has 2 rings (SSSR count). The van der Waals surface area contributed by atoms with Gasteiger partial charge in [0.25, 0.3) is 0 Å². The highest BCUT2D eigenvalue weighted by atomic mass is 32.1. The molecule has 2 heterocycles. The Morgan fingerprint density at radius 3 is 2.30 bits per heavy atom. The lowest BCUT2D eigenvalue weighted by Crippen LogP contribution is -2.22. The smallest absolute Gasteiger partial charge is 0.195 e. The maximum absolute atomic E-state index is 5.39. The number of hydrogen-bond donors (Lipinski definition) is 1. The monoisotopic (exact) mass is 290 g/mol. The first-order valence-electron chi connectivity index (χ1n) is 7.06. The van der Waals surface area contributed by atoms with Crippen LogP contribution in [-0.4, -0.2) is 19.7 Å². The molecule has 0 bridgehead atoms. The van der Waals surface area contributed by atoms with Gasteiger partial charge in [-0.2, -0.15) is 5.10 Å². The van der Waals surface area contributed by atoms with Crippen LogP contribution in [0, 0.1) is 22.5 Å². The number of H-pyrrole nitrogens is 1. The Morgan fingerprint density at radius 2 is 1.75 bits per heavy atom. The van der Waals surface area contributed by atoms with Crippen molar-refractivity contribution in [3.05, 3.63) is 29.3 Å². The third-order valence-corrected chi connectivity index (χ3v) is 4.11. The maximum atomic E-state index is 5.39. The number of aromatic nitrogens is 4. The van der Waals surface area contributed by atoms with Gasteiger partial charge in [-0.15, -0.1) is 0 Å². The van der Waals surface area contributed by atoms with E-state index < -0.39 is 0 Å². The molecule has 0 amide bonds. The lowest BCUT2D eigenvalue weighted by Gasteiger charge is -2.25. The largest absolute Gasteiger partial charge is 0.300 e. The Morgan fingerprint density at radius 1 is 1.15 bits per heavy atom. The first kappa shape index (κ1) is 14.9. The van der Waals surface area contributed by atoms with E-state index in [9.17, 15) is 0 Å². The average molecular weight is 290 g/mol. The minimum absolute atomic E-state index is 0.569. The van der Waals surface area contributed by atoms with Crippen LogP contribution in [0.15, 0.2) is 24.5 Å². The lowest BCUT2D eigenvalue weighted by molar-refractivity contribution is 0.251. The highest BCUT2D eigenvalue weighted by Gasteiger charge is 2.20. The van der Waals surface area contributed by atoms with E-state index in [0.29, 0.717) is 22.5 Å². The second kappa shape index (κ2) is 6.31. The van der Waals surface area contributed by atoms with Crippen LogP contribution in [0.2, 0.25) is 0 Å². The molecule has 108 valence electrons. The van der Waals surface area contributed by atoms with Crippen LogP contribution in [0.25, 0.3) is 11.4 Å². The van der Waals surface area contributed by atoms with Crippen molar-refractivity contribution in [2.75, 3.05) is 0 Å². The van der Waals surface area contributed by atoms with E-state index >= 15 is 0 Å². The van der Waals surface area contributed by atoms with Crippen molar-refractivity contribution in [2.45, 2.75) is 34.2 Å². The Labute approximate surface area is 125 Å². The van der Waals surface area contributed by atoms with Crippen molar-refractivity contribution < 1.29 is 0 Å². The quantitative estimate of drug-likeness (QED) is 0.849. The van der Waals surface area contributed by atoms with Crippen LogP contribution in [0.1, 0.15) is 27.7 Å². The van der Waals surface area contributed by atoms with Crippen molar-refractivity contribution in [2.24, 2.45) is 17.8 Å². The SMILES string of the molecule is CC(C)C(Cn1c(-c2ccncc2)n[nH]c1=S)C(C)C. The molecule has 0 aliphatic heterocycles. The topological polar surface area (TPSA) is 46.5 Å². The number of pyridine rings is 1. The van der Waals surface area contributed by atoms with Gasteiger partial charge in [0.1, 0.15) is 0 Å². The molecule has 0 atom stereocenters. The Balaban J connectivity index is 2.38. The summed E-state index contributed by atoms with van der Waals surface area (Å²) in [7, 11) is 0. The normalized spacial score (nSPS) is 11.8. The fraction of sp³-hybridized carbons (Fsp3) is 0.533. The second-order valence-electron chi connectivity index (χ2n) is 5.85. The van der Waals surface area contributed by atoms with Crippen molar-refractivity contribution in [1.29, 1.82) is 0 Å². The van der Waals surface area contributed by atoms with E-state index in [1.165, 1.54) is 0 Å². The van der Waals surface area contributed by atoms with Crippen molar-refractivity contribution in [3.8, 4) is 11.4 Å². The number of aromatic amines is 1. The van der Waals surface area contributed by atoms with Crippen molar-refractivity contribution in [1.82, 2.24) is 19.7 Å². The molecule has 2 aromatic rings. The second-order valence-corrected chi connectivity index (χ2v) is 6.24. The highest BCUT2D eigenvalue weighted by Crippen LogP contribution is 2.25. The molecule has 5 heteroatoms. The number of hydrogen-bond acceptors (Lipinski definition) is 3. The summed E-state index contributed by atoms with van der Waals surface area (Å²) >= 11 is 5.39. The molecule has 20 heavy (non-hydrogen) atoms. The predicted molar refractivity (Wildman–Crippen MR) is 83.8 cm³/mol. The number of nitrogens with zero attached hydrogens (tertiary/aromatic N) is 3. The molecule has 0 spiro atoms. The molecule has 0 aromatic carbocycles. The molecule has 1 N–H and O–H groups in total. The van der Waals surface area contributed by atoms with Crippen molar-refractivity contribution >= 4 is 12.2 Å². The zero-order chi connectivity index (χ0) is 14.7. The number of nitrogens with one attached hydrogen (secondary N) is 1. The van der Waals surface area contributed by atoms with E-state index in [1.807, 2.05) is 12.1 Å². The minimum Gasteiger partial charge on any atom is -0.300 e. The lowest BCUT2D eigenvalue weighted by atomic mass is 9.85. The molecule has 0 fully saturated rings. The molecule has 0 unspecified atom stereocenters. The Bertz CT molecular complexity index is 590. The molecule has 2 aromatic heterocycles. The standard InChI is InChI=1S/C15H22N4S/c1-10(2)13(11(3)4)9-19-14(17-18-15(19)20)12-5-7-16-8-6-12/h5-8,10-11,13H,9H2,1-4H3,(H,18,20). The fourth-order valence-corrected chi connectivity index (χ4v) is 2.82. The Hall–Kier alpha value is -1.49. The summed E-state index contributed by atoms with van der Waals surface area (Å²) in [5.74, 6) is 2.68. The molecular formula is C15H22N4S. The van der Waals surface area contributed by atoms with Gasteiger partial charge >= 0.3 is 0 Å². The van der Waals surface area contributed by atoms with Gasteiger partial charge in [0.05, 0.1) is 0 Å². The maximum Gasteiger partial charge on any atom is 0.195 e. The van der Waals surface area contributed by atoms with Gasteiger partial charge in [-0.3, -0.25) is 14.6 Å². The van der Waals surface area contributed by atoms with E-state index in [4.69, 9.17) is 12.2 Å². The average Bonchev–Trinajstić information content (AvgIpc) is 2.77. The zero-order valence-electron chi connectivity index (χ0n) is 12.5. The highest BCUT2D eigenvalue weighted by molar-refractivity contribution is 7.71. The predicted octanol–water partition coefficient (Wildman–Crippen LogP) is 3.93. The van der Waals surface area contributed by atoms with Gasteiger partial charge in [0.15, 0.2) is 10.6 Å². The zero-order valence-corrected chi connectivity index (χ0v) is 13.3. The molecule has 0 saturated heterocycles. The third-order valence-electron chi connectivity index (χ3n) is 3.80. The van der Waals surface area contributed by atoms with Gasteiger partial charge in [-0.1, -0.05) is 27.7 Å². The molecule has 0 aliphatic carbocycles. The summed E-state index contributed by atoms with van der Waals surface area (Å²) in [6.45, 7) is 9.95. The third kappa shape index (κ3) is 3.15. The summed E-state index contributed by atoms with van der Waals surface area (Å²) in [4.78, 5) is 4.05. The van der Waals surface area contributed by atoms with Gasteiger partial charge < -0.3 is 0 Å². The molecule has 0 radical (unpaired) electrons. The van der Waals surface area contributed by atoms with E-state index in [0.717, 1.165) is 17.9 Å². The summed E-state index contributed by atoms with van der Waals surface area (Å²) in [5, 5.41) is 7.29. The van der Waals surface area contributed by atoms with Gasteiger partial charge in [-0.25, -0.2) is 0 Å². The summed E-state index contributed by atoms with van der Waals surface area (Å²) in [5.41, 5.74) is 1.04. The first-order valence-corrected chi connectivity index (χ1v) is 7.47. The van der Waals surface area contributed by atoms with Gasteiger partial charge in [0, 0.05) is 24.5 Å². The van der Waals surface area contributed by atoms with Crippen LogP contribution in [0.4, 0.5) is 0 Å². The van der Waals surface area contributed by atoms with Crippen LogP contribution >= 0.6 is 12.2 Å². The fourth-order valence-electron chi connectivity index (χ4n) is 2.61. The molecule has 4 nitrogen and oxygen atoms in total. The van der Waals surface area contributed by atoms with Crippen LogP contribution in [0.5, 0.6) is 0 Å².